The Kier molecular flexibility index (Phi) is 4.79. The number of hydrogen-bond donors (Lipinski definition) is 1. The lowest BCUT2D eigenvalue weighted by Gasteiger charge is -2.13. The lowest BCUT2D eigenvalue weighted by molar-refractivity contribution is 0.0937. The normalized spacial score (nSPS) is 12.2. The Labute approximate surface area is 122 Å². The van der Waals surface area contributed by atoms with Crippen LogP contribution in [0.2, 0.25) is 0 Å². The molecule has 1 amide bonds. The molecule has 0 spiro atoms. The Bertz CT molecular complexity index is 596. The third kappa shape index (κ3) is 3.39. The van der Waals surface area contributed by atoms with Gasteiger partial charge in [0.1, 0.15) is 6.33 Å². The van der Waals surface area contributed by atoms with Gasteiger partial charge in [0.05, 0.1) is 28.0 Å². The van der Waals surface area contributed by atoms with E-state index in [1.165, 1.54) is 6.33 Å². The fourth-order valence-corrected chi connectivity index (χ4v) is 2.61. The van der Waals surface area contributed by atoms with Crippen molar-refractivity contribution in [3.8, 4) is 0 Å². The monoisotopic (exact) mass is 290 g/mol. The molecule has 2 rings (SSSR count). The summed E-state index contributed by atoms with van der Waals surface area (Å²) in [5, 5.41) is 5.91. The van der Waals surface area contributed by atoms with E-state index in [1.807, 2.05) is 19.2 Å². The van der Waals surface area contributed by atoms with Crippen LogP contribution >= 0.6 is 11.3 Å². The lowest BCUT2D eigenvalue weighted by Crippen LogP contribution is -2.28. The minimum absolute atomic E-state index is 0.123. The smallest absolute Gasteiger partial charge is 0.255 e. The van der Waals surface area contributed by atoms with Crippen LogP contribution in [0.3, 0.4) is 0 Å². The molecule has 1 atom stereocenters. The van der Waals surface area contributed by atoms with E-state index in [9.17, 15) is 4.79 Å². The van der Waals surface area contributed by atoms with Crippen molar-refractivity contribution < 1.29 is 4.79 Å². The molecule has 0 radical (unpaired) electrons. The zero-order valence-corrected chi connectivity index (χ0v) is 12.7. The number of carbonyl (C=O) groups excluding carboxylic acids is 1. The minimum Gasteiger partial charge on any atom is -0.344 e. The maximum atomic E-state index is 12.3. The van der Waals surface area contributed by atoms with Crippen molar-refractivity contribution in [2.45, 2.75) is 39.7 Å². The van der Waals surface area contributed by atoms with E-state index in [2.05, 4.69) is 27.2 Å². The number of aromatic nitrogens is 3. The molecule has 6 heteroatoms. The van der Waals surface area contributed by atoms with Crippen molar-refractivity contribution in [2.75, 3.05) is 0 Å². The summed E-state index contributed by atoms with van der Waals surface area (Å²) in [7, 11) is 0. The van der Waals surface area contributed by atoms with Gasteiger partial charge in [0, 0.05) is 11.6 Å². The van der Waals surface area contributed by atoms with E-state index >= 15 is 0 Å². The molecule has 1 N–H and O–H groups in total. The van der Waals surface area contributed by atoms with Crippen LogP contribution < -0.4 is 5.32 Å². The number of nitrogens with zero attached hydrogens (tertiary/aromatic N) is 3. The summed E-state index contributed by atoms with van der Waals surface area (Å²) in [4.78, 5) is 24.8. The molecule has 5 nitrogen and oxygen atoms in total. The fraction of sp³-hybridized carbons (Fsp3) is 0.429. The van der Waals surface area contributed by atoms with Crippen LogP contribution in [0, 0.1) is 6.92 Å². The van der Waals surface area contributed by atoms with E-state index in [-0.39, 0.29) is 11.9 Å². The highest BCUT2D eigenvalue weighted by Gasteiger charge is 2.16. The summed E-state index contributed by atoms with van der Waals surface area (Å²) in [6.07, 6.45) is 4.77. The summed E-state index contributed by atoms with van der Waals surface area (Å²) in [5.74, 6) is -0.146. The molecule has 1 unspecified atom stereocenters. The van der Waals surface area contributed by atoms with Crippen molar-refractivity contribution in [1.82, 2.24) is 20.3 Å². The standard InChI is InChI=1S/C14H18N4OS/c1-4-5-12-11(6-15-8-16-12)14(19)17-9(2)13-7-20-10(3)18-13/h6-9H,4-5H2,1-3H3,(H,17,19). The Morgan fingerprint density at radius 1 is 1.50 bits per heavy atom. The SMILES string of the molecule is CCCc1ncncc1C(=O)NC(C)c1csc(C)n1. The molecule has 0 fully saturated rings. The van der Waals surface area contributed by atoms with Crippen molar-refractivity contribution in [3.05, 3.63) is 39.9 Å². The minimum atomic E-state index is -0.146. The van der Waals surface area contributed by atoms with Gasteiger partial charge in [-0.15, -0.1) is 11.3 Å². The molecule has 0 saturated carbocycles. The van der Waals surface area contributed by atoms with Gasteiger partial charge < -0.3 is 5.32 Å². The third-order valence-corrected chi connectivity index (χ3v) is 3.75. The molecule has 0 saturated heterocycles. The zero-order valence-electron chi connectivity index (χ0n) is 11.9. The molecule has 2 heterocycles. The molecular weight excluding hydrogens is 272 g/mol. The summed E-state index contributed by atoms with van der Waals surface area (Å²) < 4.78 is 0. The Morgan fingerprint density at radius 2 is 2.30 bits per heavy atom. The zero-order chi connectivity index (χ0) is 14.5. The van der Waals surface area contributed by atoms with Crippen LogP contribution in [-0.2, 0) is 6.42 Å². The average Bonchev–Trinajstić information content (AvgIpc) is 2.86. The van der Waals surface area contributed by atoms with E-state index < -0.39 is 0 Å². The number of nitrogens with one attached hydrogen (secondary N) is 1. The summed E-state index contributed by atoms with van der Waals surface area (Å²) in [6.45, 7) is 5.94. The summed E-state index contributed by atoms with van der Waals surface area (Å²) in [6, 6.07) is -0.123. The lowest BCUT2D eigenvalue weighted by atomic mass is 10.1. The molecule has 106 valence electrons. The first kappa shape index (κ1) is 14.6. The first-order chi connectivity index (χ1) is 9.61. The largest absolute Gasteiger partial charge is 0.344 e. The molecule has 2 aromatic heterocycles. The first-order valence-corrected chi connectivity index (χ1v) is 7.51. The number of carbonyl (C=O) groups is 1. The molecule has 0 aromatic carbocycles. The fourth-order valence-electron chi connectivity index (χ4n) is 1.91. The van der Waals surface area contributed by atoms with E-state index in [0.717, 1.165) is 29.2 Å². The Balaban J connectivity index is 2.12. The van der Waals surface area contributed by atoms with Crippen molar-refractivity contribution in [1.29, 1.82) is 0 Å². The van der Waals surface area contributed by atoms with Gasteiger partial charge in [-0.1, -0.05) is 13.3 Å². The van der Waals surface area contributed by atoms with Gasteiger partial charge in [0.25, 0.3) is 5.91 Å². The van der Waals surface area contributed by atoms with Crippen LogP contribution in [0.25, 0.3) is 0 Å². The van der Waals surface area contributed by atoms with Crippen molar-refractivity contribution in [3.63, 3.8) is 0 Å². The van der Waals surface area contributed by atoms with Gasteiger partial charge in [0.2, 0.25) is 0 Å². The number of amides is 1. The molecule has 0 aliphatic carbocycles. The van der Waals surface area contributed by atoms with Gasteiger partial charge in [0.15, 0.2) is 0 Å². The van der Waals surface area contributed by atoms with Crippen molar-refractivity contribution >= 4 is 17.2 Å². The molecule has 0 aliphatic heterocycles. The summed E-state index contributed by atoms with van der Waals surface area (Å²) >= 11 is 1.58. The predicted octanol–water partition coefficient (Wildman–Crippen LogP) is 2.69. The van der Waals surface area contributed by atoms with Gasteiger partial charge in [-0.25, -0.2) is 15.0 Å². The van der Waals surface area contributed by atoms with Crippen molar-refractivity contribution in [2.24, 2.45) is 0 Å². The Morgan fingerprint density at radius 3 is 2.95 bits per heavy atom. The number of hydrogen-bond acceptors (Lipinski definition) is 5. The second-order valence-corrected chi connectivity index (χ2v) is 5.68. The molecule has 0 aliphatic rings. The number of thiazole rings is 1. The molecule has 2 aromatic rings. The van der Waals surface area contributed by atoms with E-state index in [4.69, 9.17) is 0 Å². The number of rotatable bonds is 5. The highest BCUT2D eigenvalue weighted by Crippen LogP contribution is 2.16. The maximum absolute atomic E-state index is 12.3. The van der Waals surface area contributed by atoms with E-state index in [1.54, 1.807) is 17.5 Å². The maximum Gasteiger partial charge on any atom is 0.255 e. The van der Waals surface area contributed by atoms with Crippen LogP contribution in [-0.4, -0.2) is 20.9 Å². The van der Waals surface area contributed by atoms with Crippen LogP contribution in [0.5, 0.6) is 0 Å². The third-order valence-electron chi connectivity index (χ3n) is 2.95. The second kappa shape index (κ2) is 6.56. The Hall–Kier alpha value is -1.82. The molecule has 20 heavy (non-hydrogen) atoms. The highest BCUT2D eigenvalue weighted by molar-refractivity contribution is 7.09. The first-order valence-electron chi connectivity index (χ1n) is 6.63. The van der Waals surface area contributed by atoms with Gasteiger partial charge in [-0.2, -0.15) is 0 Å². The van der Waals surface area contributed by atoms with Gasteiger partial charge in [-0.05, 0) is 20.3 Å². The quantitative estimate of drug-likeness (QED) is 0.919. The molecular formula is C14H18N4OS. The highest BCUT2D eigenvalue weighted by atomic mass is 32.1. The topological polar surface area (TPSA) is 67.8 Å². The number of aryl methyl sites for hydroxylation is 2. The van der Waals surface area contributed by atoms with Crippen LogP contribution in [0.15, 0.2) is 17.9 Å². The molecule has 0 bridgehead atoms. The van der Waals surface area contributed by atoms with Crippen LogP contribution in [0.1, 0.15) is 53.1 Å². The van der Waals surface area contributed by atoms with E-state index in [0.29, 0.717) is 5.56 Å². The predicted molar refractivity (Wildman–Crippen MR) is 78.8 cm³/mol. The average molecular weight is 290 g/mol. The van der Waals surface area contributed by atoms with Gasteiger partial charge >= 0.3 is 0 Å². The van der Waals surface area contributed by atoms with Gasteiger partial charge in [-0.3, -0.25) is 4.79 Å². The van der Waals surface area contributed by atoms with Crippen LogP contribution in [0.4, 0.5) is 0 Å². The summed E-state index contributed by atoms with van der Waals surface area (Å²) in [5.41, 5.74) is 2.23. The second-order valence-electron chi connectivity index (χ2n) is 4.62.